The third-order valence-electron chi connectivity index (χ3n) is 3.50. The van der Waals surface area contributed by atoms with E-state index in [1.165, 1.54) is 14.0 Å². The van der Waals surface area contributed by atoms with Gasteiger partial charge in [-0.05, 0) is 19.1 Å². The first-order valence-electron chi connectivity index (χ1n) is 7.71. The summed E-state index contributed by atoms with van der Waals surface area (Å²) in [4.78, 5) is 46.1. The summed E-state index contributed by atoms with van der Waals surface area (Å²) < 4.78 is 15.2. The normalized spacial score (nSPS) is 10.7. The summed E-state index contributed by atoms with van der Waals surface area (Å²) in [7, 11) is 1.43. The summed E-state index contributed by atoms with van der Waals surface area (Å²) in [6.07, 6.45) is 0. The van der Waals surface area contributed by atoms with Crippen molar-refractivity contribution in [3.8, 4) is 11.5 Å². The Balaban J connectivity index is 2.23. The summed E-state index contributed by atoms with van der Waals surface area (Å²) in [6, 6.07) is 4.64. The van der Waals surface area contributed by atoms with E-state index in [0.29, 0.717) is 16.7 Å². The van der Waals surface area contributed by atoms with Crippen LogP contribution in [0.5, 0.6) is 11.5 Å². The fraction of sp³-hybridized carbons (Fsp3) is 0.235. The van der Waals surface area contributed by atoms with Crippen molar-refractivity contribution < 1.29 is 23.8 Å². The van der Waals surface area contributed by atoms with Crippen LogP contribution in [0.25, 0.3) is 21.9 Å². The van der Waals surface area contributed by atoms with Gasteiger partial charge in [-0.2, -0.15) is 0 Å². The molecule has 3 rings (SSSR count). The van der Waals surface area contributed by atoms with Gasteiger partial charge in [-0.25, -0.2) is 14.8 Å². The second-order valence-corrected chi connectivity index (χ2v) is 5.28. The summed E-state index contributed by atoms with van der Waals surface area (Å²) in [5.74, 6) is -0.956. The van der Waals surface area contributed by atoms with Crippen LogP contribution in [0.4, 0.5) is 0 Å². The quantitative estimate of drug-likeness (QED) is 0.424. The Kier molecular flexibility index (Phi) is 4.53. The van der Waals surface area contributed by atoms with Gasteiger partial charge >= 0.3 is 11.9 Å². The van der Waals surface area contributed by atoms with E-state index in [-0.39, 0.29) is 29.2 Å². The molecule has 0 aliphatic carbocycles. The molecule has 0 atom stereocenters. The van der Waals surface area contributed by atoms with Gasteiger partial charge in [0.15, 0.2) is 17.1 Å². The number of nitrogens with zero attached hydrogens (tertiary/aromatic N) is 2. The van der Waals surface area contributed by atoms with Crippen LogP contribution in [-0.4, -0.2) is 40.6 Å². The number of aromatic nitrogens is 3. The molecule has 0 radical (unpaired) electrons. The van der Waals surface area contributed by atoms with Crippen LogP contribution in [-0.2, 0) is 9.53 Å². The first-order chi connectivity index (χ1) is 12.4. The van der Waals surface area contributed by atoms with E-state index >= 15 is 0 Å². The standard InChI is InChI=1S/C17H15N3O6/c1-4-25-17(23)15-19-14-10(16(22)20-15)5-9-6-13(26-8(2)21)12(24-3)7-11(9)18-14/h5-7H,4H2,1-3H3,(H,18,19,20,22). The lowest BCUT2D eigenvalue weighted by Crippen LogP contribution is -2.18. The van der Waals surface area contributed by atoms with Crippen LogP contribution in [0.15, 0.2) is 23.0 Å². The van der Waals surface area contributed by atoms with Crippen molar-refractivity contribution in [3.63, 3.8) is 0 Å². The molecule has 1 aromatic carbocycles. The average molecular weight is 357 g/mol. The Morgan fingerprint density at radius 3 is 2.58 bits per heavy atom. The zero-order chi connectivity index (χ0) is 18.8. The molecule has 9 nitrogen and oxygen atoms in total. The van der Waals surface area contributed by atoms with Crippen LogP contribution >= 0.6 is 0 Å². The molecule has 3 aromatic rings. The summed E-state index contributed by atoms with van der Waals surface area (Å²) in [6.45, 7) is 3.07. The molecule has 2 aromatic heterocycles. The smallest absolute Gasteiger partial charge is 0.374 e. The maximum absolute atomic E-state index is 12.3. The predicted molar refractivity (Wildman–Crippen MR) is 91.5 cm³/mol. The summed E-state index contributed by atoms with van der Waals surface area (Å²) in [5, 5.41) is 0.732. The number of ether oxygens (including phenoxy) is 3. The molecule has 0 saturated heterocycles. The van der Waals surface area contributed by atoms with Gasteiger partial charge in [0.1, 0.15) is 0 Å². The maximum Gasteiger partial charge on any atom is 0.374 e. The topological polar surface area (TPSA) is 120 Å². The first kappa shape index (κ1) is 17.3. The minimum atomic E-state index is -0.740. The molecule has 0 unspecified atom stereocenters. The summed E-state index contributed by atoms with van der Waals surface area (Å²) >= 11 is 0. The maximum atomic E-state index is 12.3. The predicted octanol–water partition coefficient (Wildman–Crippen LogP) is 1.58. The molecule has 0 aliphatic rings. The highest BCUT2D eigenvalue weighted by molar-refractivity contribution is 5.94. The Hall–Kier alpha value is -3.49. The number of fused-ring (bicyclic) bond motifs is 2. The van der Waals surface area contributed by atoms with Gasteiger partial charge in [0.05, 0.1) is 24.6 Å². The Labute approximate surface area is 146 Å². The number of hydrogen-bond acceptors (Lipinski definition) is 8. The molecule has 0 fully saturated rings. The Morgan fingerprint density at radius 2 is 1.92 bits per heavy atom. The molecule has 134 valence electrons. The number of carbonyl (C=O) groups is 2. The van der Waals surface area contributed by atoms with E-state index in [0.717, 1.165) is 0 Å². The van der Waals surface area contributed by atoms with Crippen molar-refractivity contribution in [2.75, 3.05) is 13.7 Å². The lowest BCUT2D eigenvalue weighted by molar-refractivity contribution is -0.132. The molecular weight excluding hydrogens is 342 g/mol. The third-order valence-corrected chi connectivity index (χ3v) is 3.50. The van der Waals surface area contributed by atoms with Crippen LogP contribution in [0.3, 0.4) is 0 Å². The SMILES string of the molecule is CCOC(=O)c1nc2nc3cc(OC)c(OC(C)=O)cc3cc2c(=O)[nH]1. The molecule has 1 N–H and O–H groups in total. The molecular formula is C17H15N3O6. The second-order valence-electron chi connectivity index (χ2n) is 5.28. The van der Waals surface area contributed by atoms with Crippen LogP contribution in [0, 0.1) is 0 Å². The monoisotopic (exact) mass is 357 g/mol. The van der Waals surface area contributed by atoms with Crippen molar-refractivity contribution in [2.24, 2.45) is 0 Å². The van der Waals surface area contributed by atoms with Gasteiger partial charge in [0, 0.05) is 18.4 Å². The molecule has 2 heterocycles. The van der Waals surface area contributed by atoms with Crippen molar-refractivity contribution in [3.05, 3.63) is 34.4 Å². The zero-order valence-electron chi connectivity index (χ0n) is 14.3. The fourth-order valence-corrected chi connectivity index (χ4v) is 2.42. The Bertz CT molecular complexity index is 1090. The van der Waals surface area contributed by atoms with Gasteiger partial charge in [0.25, 0.3) is 5.56 Å². The number of benzene rings is 1. The Morgan fingerprint density at radius 1 is 1.15 bits per heavy atom. The first-order valence-corrected chi connectivity index (χ1v) is 7.71. The number of carbonyl (C=O) groups excluding carboxylic acids is 2. The van der Waals surface area contributed by atoms with E-state index in [4.69, 9.17) is 14.2 Å². The van der Waals surface area contributed by atoms with Crippen molar-refractivity contribution in [1.82, 2.24) is 15.0 Å². The third kappa shape index (κ3) is 3.18. The number of pyridine rings is 1. The largest absolute Gasteiger partial charge is 0.493 e. The molecule has 0 spiro atoms. The minimum absolute atomic E-state index is 0.0894. The van der Waals surface area contributed by atoms with Gasteiger partial charge in [-0.3, -0.25) is 9.59 Å². The number of hydrogen-bond donors (Lipinski definition) is 1. The van der Waals surface area contributed by atoms with Crippen molar-refractivity contribution in [1.29, 1.82) is 0 Å². The van der Waals surface area contributed by atoms with E-state index in [9.17, 15) is 14.4 Å². The molecule has 9 heteroatoms. The highest BCUT2D eigenvalue weighted by atomic mass is 16.6. The van der Waals surface area contributed by atoms with Gasteiger partial charge in [0.2, 0.25) is 5.82 Å². The van der Waals surface area contributed by atoms with Crippen molar-refractivity contribution >= 4 is 33.9 Å². The number of rotatable bonds is 4. The fourth-order valence-electron chi connectivity index (χ4n) is 2.42. The summed E-state index contributed by atoms with van der Waals surface area (Å²) in [5.41, 5.74) is 0.0158. The molecule has 0 aliphatic heterocycles. The van der Waals surface area contributed by atoms with Gasteiger partial charge < -0.3 is 19.2 Å². The van der Waals surface area contributed by atoms with E-state index in [1.54, 1.807) is 25.1 Å². The number of H-pyrrole nitrogens is 1. The molecule has 0 bridgehead atoms. The number of methoxy groups -OCH3 is 1. The lowest BCUT2D eigenvalue weighted by atomic mass is 10.1. The lowest BCUT2D eigenvalue weighted by Gasteiger charge is -2.10. The van der Waals surface area contributed by atoms with E-state index in [2.05, 4.69) is 15.0 Å². The van der Waals surface area contributed by atoms with Crippen LogP contribution < -0.4 is 15.0 Å². The minimum Gasteiger partial charge on any atom is -0.493 e. The highest BCUT2D eigenvalue weighted by Gasteiger charge is 2.16. The van der Waals surface area contributed by atoms with Crippen LogP contribution in [0.2, 0.25) is 0 Å². The highest BCUT2D eigenvalue weighted by Crippen LogP contribution is 2.32. The molecule has 0 saturated carbocycles. The van der Waals surface area contributed by atoms with Crippen LogP contribution in [0.1, 0.15) is 24.5 Å². The van der Waals surface area contributed by atoms with Gasteiger partial charge in [-0.1, -0.05) is 0 Å². The second kappa shape index (κ2) is 6.79. The zero-order valence-corrected chi connectivity index (χ0v) is 14.3. The van der Waals surface area contributed by atoms with Crippen molar-refractivity contribution in [2.45, 2.75) is 13.8 Å². The number of esters is 2. The molecule has 0 amide bonds. The molecule has 26 heavy (non-hydrogen) atoms. The van der Waals surface area contributed by atoms with E-state index in [1.807, 2.05) is 0 Å². The number of aromatic amines is 1. The van der Waals surface area contributed by atoms with E-state index < -0.39 is 17.5 Å². The average Bonchev–Trinajstić information content (AvgIpc) is 2.59. The number of nitrogens with one attached hydrogen (secondary N) is 1. The van der Waals surface area contributed by atoms with Gasteiger partial charge in [-0.15, -0.1) is 0 Å².